The number of hydrogen-bond donors (Lipinski definition) is 2. The number of carbonyl (C=O) groups is 1. The Morgan fingerprint density at radius 2 is 2.11 bits per heavy atom. The second-order valence-electron chi connectivity index (χ2n) is 4.38. The molecule has 4 nitrogen and oxygen atoms in total. The van der Waals surface area contributed by atoms with E-state index >= 15 is 0 Å². The molecule has 104 valence electrons. The third-order valence-corrected chi connectivity index (χ3v) is 2.85. The third kappa shape index (κ3) is 4.75. The second-order valence-corrected chi connectivity index (χ2v) is 4.38. The van der Waals surface area contributed by atoms with Crippen molar-refractivity contribution >= 4 is 5.91 Å². The van der Waals surface area contributed by atoms with Crippen LogP contribution in [0.5, 0.6) is 5.75 Å². The highest BCUT2D eigenvalue weighted by Gasteiger charge is 2.13. The molecule has 4 heteroatoms. The molecule has 0 saturated heterocycles. The van der Waals surface area contributed by atoms with Crippen molar-refractivity contribution in [2.24, 2.45) is 5.73 Å². The van der Waals surface area contributed by atoms with E-state index in [1.165, 1.54) is 0 Å². The van der Waals surface area contributed by atoms with E-state index in [1.54, 1.807) is 13.0 Å². The normalized spacial score (nSPS) is 13.4. The number of nitrogens with two attached hydrogens (primary N) is 1. The highest BCUT2D eigenvalue weighted by atomic mass is 16.5. The van der Waals surface area contributed by atoms with Crippen molar-refractivity contribution in [1.82, 2.24) is 5.32 Å². The molecular weight excluding hydrogens is 240 g/mol. The average molecular weight is 262 g/mol. The molecule has 1 rings (SSSR count). The van der Waals surface area contributed by atoms with E-state index < -0.39 is 6.10 Å². The van der Waals surface area contributed by atoms with Crippen LogP contribution in [0.2, 0.25) is 0 Å². The standard InChI is InChI=1S/C15H22N2O2/c1-4-10-17-15(18)11(3)19-13-8-6-12(7-9-13)14(16)5-2/h4,6-9,11,14H,1,5,10,16H2,2-3H3,(H,17,18)/t11?,14-/m0/s1. The summed E-state index contributed by atoms with van der Waals surface area (Å²) in [6.07, 6.45) is 1.98. The molecular formula is C15H22N2O2. The van der Waals surface area contributed by atoms with Gasteiger partial charge in [-0.15, -0.1) is 6.58 Å². The average Bonchev–Trinajstić information content (AvgIpc) is 2.44. The molecule has 0 bridgehead atoms. The number of ether oxygens (including phenoxy) is 1. The quantitative estimate of drug-likeness (QED) is 0.740. The Morgan fingerprint density at radius 3 is 2.63 bits per heavy atom. The Balaban J connectivity index is 2.57. The van der Waals surface area contributed by atoms with Gasteiger partial charge in [-0.25, -0.2) is 0 Å². The molecule has 0 aliphatic rings. The Morgan fingerprint density at radius 1 is 1.47 bits per heavy atom. The summed E-state index contributed by atoms with van der Waals surface area (Å²) in [5.74, 6) is 0.502. The van der Waals surface area contributed by atoms with Crippen LogP contribution in [-0.2, 0) is 4.79 Å². The van der Waals surface area contributed by atoms with Crippen LogP contribution in [0.1, 0.15) is 31.9 Å². The minimum absolute atomic E-state index is 0.0439. The van der Waals surface area contributed by atoms with Crippen molar-refractivity contribution in [3.05, 3.63) is 42.5 Å². The van der Waals surface area contributed by atoms with Gasteiger partial charge >= 0.3 is 0 Å². The van der Waals surface area contributed by atoms with E-state index in [-0.39, 0.29) is 11.9 Å². The molecule has 0 radical (unpaired) electrons. The summed E-state index contributed by atoms with van der Waals surface area (Å²) < 4.78 is 5.55. The molecule has 0 fully saturated rings. The maximum Gasteiger partial charge on any atom is 0.261 e. The zero-order valence-corrected chi connectivity index (χ0v) is 11.6. The first-order chi connectivity index (χ1) is 9.08. The summed E-state index contributed by atoms with van der Waals surface area (Å²) in [6, 6.07) is 7.57. The molecule has 0 aliphatic carbocycles. The van der Waals surface area contributed by atoms with E-state index in [1.807, 2.05) is 31.2 Å². The highest BCUT2D eigenvalue weighted by molar-refractivity contribution is 5.80. The van der Waals surface area contributed by atoms with Crippen LogP contribution in [0.15, 0.2) is 36.9 Å². The van der Waals surface area contributed by atoms with Crippen molar-refractivity contribution in [3.63, 3.8) is 0 Å². The predicted molar refractivity (Wildman–Crippen MR) is 77.0 cm³/mol. The molecule has 1 aromatic carbocycles. The fraction of sp³-hybridized carbons (Fsp3) is 0.400. The van der Waals surface area contributed by atoms with Crippen LogP contribution in [0.4, 0.5) is 0 Å². The summed E-state index contributed by atoms with van der Waals surface area (Å²) in [5.41, 5.74) is 7.00. The van der Waals surface area contributed by atoms with Gasteiger partial charge in [-0.05, 0) is 31.0 Å². The second kappa shape index (κ2) is 7.59. The number of nitrogens with one attached hydrogen (secondary N) is 1. The maximum absolute atomic E-state index is 11.6. The van der Waals surface area contributed by atoms with Gasteiger partial charge in [0.25, 0.3) is 5.91 Å². The fourth-order valence-electron chi connectivity index (χ4n) is 1.60. The Kier molecular flexibility index (Phi) is 6.09. The van der Waals surface area contributed by atoms with Crippen LogP contribution >= 0.6 is 0 Å². The summed E-state index contributed by atoms with van der Waals surface area (Å²) in [7, 11) is 0. The number of amides is 1. The van der Waals surface area contributed by atoms with Gasteiger partial charge in [0.15, 0.2) is 6.10 Å². The lowest BCUT2D eigenvalue weighted by atomic mass is 10.1. The number of carbonyl (C=O) groups excluding carboxylic acids is 1. The molecule has 2 atom stereocenters. The Bertz CT molecular complexity index is 415. The lowest BCUT2D eigenvalue weighted by molar-refractivity contribution is -0.127. The zero-order chi connectivity index (χ0) is 14.3. The smallest absolute Gasteiger partial charge is 0.261 e. The molecule has 0 spiro atoms. The lowest BCUT2D eigenvalue weighted by Gasteiger charge is -2.15. The van der Waals surface area contributed by atoms with Crippen LogP contribution < -0.4 is 15.8 Å². The molecule has 1 unspecified atom stereocenters. The predicted octanol–water partition coefficient (Wildman–Crippen LogP) is 2.17. The summed E-state index contributed by atoms with van der Waals surface area (Å²) in [4.78, 5) is 11.6. The first-order valence-corrected chi connectivity index (χ1v) is 6.49. The first kappa shape index (κ1) is 15.2. The number of benzene rings is 1. The van der Waals surface area contributed by atoms with Gasteiger partial charge in [0.05, 0.1) is 0 Å². The van der Waals surface area contributed by atoms with Crippen molar-refractivity contribution in [1.29, 1.82) is 0 Å². The molecule has 1 aromatic rings. The van der Waals surface area contributed by atoms with E-state index in [0.29, 0.717) is 12.3 Å². The zero-order valence-electron chi connectivity index (χ0n) is 11.6. The first-order valence-electron chi connectivity index (χ1n) is 6.49. The van der Waals surface area contributed by atoms with Gasteiger partial charge < -0.3 is 15.8 Å². The van der Waals surface area contributed by atoms with Crippen LogP contribution in [0, 0.1) is 0 Å². The van der Waals surface area contributed by atoms with Crippen LogP contribution in [-0.4, -0.2) is 18.6 Å². The summed E-state index contributed by atoms with van der Waals surface area (Å²) in [5, 5.41) is 2.69. The van der Waals surface area contributed by atoms with E-state index in [2.05, 4.69) is 11.9 Å². The number of hydrogen-bond acceptors (Lipinski definition) is 3. The van der Waals surface area contributed by atoms with Gasteiger partial charge in [0.2, 0.25) is 0 Å². The minimum Gasteiger partial charge on any atom is -0.481 e. The van der Waals surface area contributed by atoms with E-state index in [0.717, 1.165) is 12.0 Å². The molecule has 19 heavy (non-hydrogen) atoms. The number of rotatable bonds is 7. The van der Waals surface area contributed by atoms with Crippen molar-refractivity contribution in [2.75, 3.05) is 6.54 Å². The molecule has 3 N–H and O–H groups in total. The fourth-order valence-corrected chi connectivity index (χ4v) is 1.60. The highest BCUT2D eigenvalue weighted by Crippen LogP contribution is 2.19. The molecule has 0 saturated carbocycles. The molecule has 0 aliphatic heterocycles. The van der Waals surface area contributed by atoms with Gasteiger partial charge in [-0.1, -0.05) is 25.1 Å². The van der Waals surface area contributed by atoms with Gasteiger partial charge in [-0.2, -0.15) is 0 Å². The monoisotopic (exact) mass is 262 g/mol. The largest absolute Gasteiger partial charge is 0.481 e. The third-order valence-electron chi connectivity index (χ3n) is 2.85. The topological polar surface area (TPSA) is 64.3 Å². The van der Waals surface area contributed by atoms with Crippen LogP contribution in [0.25, 0.3) is 0 Å². The van der Waals surface area contributed by atoms with Crippen molar-refractivity contribution in [3.8, 4) is 5.75 Å². The molecule has 1 amide bonds. The van der Waals surface area contributed by atoms with Gasteiger partial charge in [0, 0.05) is 12.6 Å². The van der Waals surface area contributed by atoms with E-state index in [4.69, 9.17) is 10.5 Å². The van der Waals surface area contributed by atoms with Crippen molar-refractivity contribution in [2.45, 2.75) is 32.4 Å². The SMILES string of the molecule is C=CCNC(=O)C(C)Oc1ccc([C@@H](N)CC)cc1. The lowest BCUT2D eigenvalue weighted by Crippen LogP contribution is -2.36. The van der Waals surface area contributed by atoms with Gasteiger partial charge in [-0.3, -0.25) is 4.79 Å². The minimum atomic E-state index is -0.536. The van der Waals surface area contributed by atoms with Crippen LogP contribution in [0.3, 0.4) is 0 Å². The van der Waals surface area contributed by atoms with Crippen molar-refractivity contribution < 1.29 is 9.53 Å². The summed E-state index contributed by atoms with van der Waals surface area (Å²) >= 11 is 0. The van der Waals surface area contributed by atoms with E-state index in [9.17, 15) is 4.79 Å². The van der Waals surface area contributed by atoms with Gasteiger partial charge in [0.1, 0.15) is 5.75 Å². The Hall–Kier alpha value is -1.81. The summed E-state index contributed by atoms with van der Waals surface area (Å²) in [6.45, 7) is 7.74. The molecule has 0 heterocycles. The molecule has 0 aromatic heterocycles. The Labute approximate surface area is 114 Å². The maximum atomic E-state index is 11.6.